The van der Waals surface area contributed by atoms with Crippen LogP contribution in [0.4, 0.5) is 0 Å². The van der Waals surface area contributed by atoms with Crippen LogP contribution < -0.4 is 4.74 Å². The summed E-state index contributed by atoms with van der Waals surface area (Å²) in [6, 6.07) is 14.0. The third-order valence-electron chi connectivity index (χ3n) is 4.48. The molecular weight excluding hydrogens is 346 g/mol. The minimum Gasteiger partial charge on any atom is -0.476 e. The van der Waals surface area contributed by atoms with E-state index in [4.69, 9.17) is 9.47 Å². The van der Waals surface area contributed by atoms with Crippen molar-refractivity contribution in [3.8, 4) is 5.75 Å². The van der Waals surface area contributed by atoms with Gasteiger partial charge in [-0.25, -0.2) is 4.79 Å². The molecule has 0 saturated carbocycles. The smallest absolute Gasteiger partial charge is 0.349 e. The second kappa shape index (κ2) is 7.23. The Hall–Kier alpha value is -3.15. The van der Waals surface area contributed by atoms with E-state index in [1.54, 1.807) is 50.2 Å². The molecule has 1 aliphatic rings. The van der Waals surface area contributed by atoms with E-state index in [0.29, 0.717) is 29.8 Å². The number of fused-ring (bicyclic) bond motifs is 1. The average Bonchev–Trinajstić information content (AvgIpc) is 2.91. The number of benzene rings is 2. The van der Waals surface area contributed by atoms with Gasteiger partial charge in [0.05, 0.1) is 18.2 Å². The van der Waals surface area contributed by atoms with Crippen LogP contribution in [0, 0.1) is 0 Å². The number of ether oxygens (including phenoxy) is 2. The maximum atomic E-state index is 12.4. The summed E-state index contributed by atoms with van der Waals surface area (Å²) in [5.41, 5.74) is 0.776. The first-order chi connectivity index (χ1) is 12.8. The van der Waals surface area contributed by atoms with Crippen molar-refractivity contribution in [2.24, 2.45) is 0 Å². The van der Waals surface area contributed by atoms with Crippen molar-refractivity contribution in [3.05, 3.63) is 65.2 Å². The van der Waals surface area contributed by atoms with Crippen molar-refractivity contribution in [2.45, 2.75) is 25.9 Å². The number of hydrogen-bond acceptors (Lipinski definition) is 5. The highest BCUT2D eigenvalue weighted by Gasteiger charge is 2.34. The molecule has 0 N–H and O–H groups in total. The van der Waals surface area contributed by atoms with Gasteiger partial charge in [-0.1, -0.05) is 24.3 Å². The van der Waals surface area contributed by atoms with E-state index in [1.165, 1.54) is 12.0 Å². The molecule has 0 fully saturated rings. The molecule has 0 aliphatic carbocycles. The van der Waals surface area contributed by atoms with Crippen LogP contribution in [-0.4, -0.2) is 41.9 Å². The lowest BCUT2D eigenvalue weighted by atomic mass is 10.1. The van der Waals surface area contributed by atoms with E-state index in [9.17, 15) is 14.4 Å². The van der Waals surface area contributed by atoms with Crippen LogP contribution in [0.1, 0.15) is 40.1 Å². The molecule has 0 unspecified atom stereocenters. The fourth-order valence-electron chi connectivity index (χ4n) is 2.99. The predicted molar refractivity (Wildman–Crippen MR) is 98.7 cm³/mol. The van der Waals surface area contributed by atoms with Gasteiger partial charge in [0.15, 0.2) is 5.60 Å². The zero-order valence-electron chi connectivity index (χ0n) is 15.5. The van der Waals surface area contributed by atoms with Crippen LogP contribution in [0.25, 0.3) is 0 Å². The lowest BCUT2D eigenvalue weighted by Crippen LogP contribution is -2.39. The number of hydrogen-bond donors (Lipinski definition) is 0. The van der Waals surface area contributed by atoms with Crippen molar-refractivity contribution in [1.29, 1.82) is 0 Å². The highest BCUT2D eigenvalue weighted by Crippen LogP contribution is 2.24. The molecule has 0 radical (unpaired) electrons. The monoisotopic (exact) mass is 367 g/mol. The molecule has 0 atom stereocenters. The van der Waals surface area contributed by atoms with Crippen LogP contribution in [0.3, 0.4) is 0 Å². The predicted octanol–water partition coefficient (Wildman–Crippen LogP) is 2.86. The van der Waals surface area contributed by atoms with Crippen LogP contribution in [0.2, 0.25) is 0 Å². The molecule has 0 spiro atoms. The molecule has 0 bridgehead atoms. The number of amides is 2. The Morgan fingerprint density at radius 3 is 2.04 bits per heavy atom. The Morgan fingerprint density at radius 1 is 0.963 bits per heavy atom. The number of rotatable bonds is 6. The van der Waals surface area contributed by atoms with Crippen molar-refractivity contribution >= 4 is 17.8 Å². The summed E-state index contributed by atoms with van der Waals surface area (Å²) >= 11 is 0. The van der Waals surface area contributed by atoms with Crippen molar-refractivity contribution in [2.75, 3.05) is 13.7 Å². The molecule has 2 aromatic rings. The number of carbonyl (C=O) groups excluding carboxylic acids is 3. The van der Waals surface area contributed by atoms with E-state index in [2.05, 4.69) is 0 Å². The first kappa shape index (κ1) is 18.6. The molecule has 2 aromatic carbocycles. The molecule has 2 amide bonds. The SMILES string of the molecule is COC(=O)C(C)(C)Oc1ccc(CCN2C(=O)c3ccccc3C2=O)cc1. The number of nitrogens with zero attached hydrogens (tertiary/aromatic N) is 1. The summed E-state index contributed by atoms with van der Waals surface area (Å²) in [6.45, 7) is 3.57. The number of esters is 1. The van der Waals surface area contributed by atoms with Crippen LogP contribution in [0.5, 0.6) is 5.75 Å². The molecule has 140 valence electrons. The van der Waals surface area contributed by atoms with E-state index in [0.717, 1.165) is 5.56 Å². The summed E-state index contributed by atoms with van der Waals surface area (Å²) < 4.78 is 10.4. The summed E-state index contributed by atoms with van der Waals surface area (Å²) in [4.78, 5) is 37.7. The third-order valence-corrected chi connectivity index (χ3v) is 4.48. The molecule has 1 aliphatic heterocycles. The topological polar surface area (TPSA) is 72.9 Å². The molecule has 6 heteroatoms. The minimum absolute atomic E-state index is 0.254. The summed E-state index contributed by atoms with van der Waals surface area (Å²) in [6.07, 6.45) is 0.534. The average molecular weight is 367 g/mol. The van der Waals surface area contributed by atoms with Gasteiger partial charge in [0.25, 0.3) is 11.8 Å². The molecule has 6 nitrogen and oxygen atoms in total. The van der Waals surface area contributed by atoms with Gasteiger partial charge in [-0.05, 0) is 50.1 Å². The van der Waals surface area contributed by atoms with E-state index in [1.807, 2.05) is 12.1 Å². The van der Waals surface area contributed by atoms with Gasteiger partial charge in [0.2, 0.25) is 0 Å². The van der Waals surface area contributed by atoms with Crippen LogP contribution in [0.15, 0.2) is 48.5 Å². The van der Waals surface area contributed by atoms with Gasteiger partial charge in [-0.3, -0.25) is 14.5 Å². The lowest BCUT2D eigenvalue weighted by Gasteiger charge is -2.23. The van der Waals surface area contributed by atoms with Crippen molar-refractivity contribution in [1.82, 2.24) is 4.90 Å². The van der Waals surface area contributed by atoms with E-state index >= 15 is 0 Å². The minimum atomic E-state index is -1.09. The van der Waals surface area contributed by atoms with Gasteiger partial charge in [0.1, 0.15) is 5.75 Å². The number of carbonyl (C=O) groups is 3. The highest BCUT2D eigenvalue weighted by atomic mass is 16.6. The Morgan fingerprint density at radius 2 is 1.52 bits per heavy atom. The molecule has 27 heavy (non-hydrogen) atoms. The zero-order valence-corrected chi connectivity index (χ0v) is 15.5. The van der Waals surface area contributed by atoms with Gasteiger partial charge < -0.3 is 9.47 Å². The molecular formula is C21H21NO5. The second-order valence-corrected chi connectivity index (χ2v) is 6.81. The lowest BCUT2D eigenvalue weighted by molar-refractivity contribution is -0.156. The summed E-state index contributed by atoms with van der Waals surface area (Å²) in [7, 11) is 1.32. The summed E-state index contributed by atoms with van der Waals surface area (Å²) in [5, 5.41) is 0. The number of imide groups is 1. The quantitative estimate of drug-likeness (QED) is 0.580. The van der Waals surface area contributed by atoms with E-state index in [-0.39, 0.29) is 11.8 Å². The van der Waals surface area contributed by atoms with Gasteiger partial charge in [0, 0.05) is 6.54 Å². The maximum Gasteiger partial charge on any atom is 0.349 e. The molecule has 0 aromatic heterocycles. The fourth-order valence-corrected chi connectivity index (χ4v) is 2.99. The van der Waals surface area contributed by atoms with E-state index < -0.39 is 11.6 Å². The normalized spacial score (nSPS) is 13.5. The molecule has 0 saturated heterocycles. The fraction of sp³-hybridized carbons (Fsp3) is 0.286. The Kier molecular flexibility index (Phi) is 4.99. The van der Waals surface area contributed by atoms with Crippen molar-refractivity contribution < 1.29 is 23.9 Å². The first-order valence-electron chi connectivity index (χ1n) is 8.65. The molecule has 1 heterocycles. The Balaban J connectivity index is 1.62. The maximum absolute atomic E-state index is 12.4. The number of methoxy groups -OCH3 is 1. The Labute approximate surface area is 157 Å². The second-order valence-electron chi connectivity index (χ2n) is 6.81. The van der Waals surface area contributed by atoms with Gasteiger partial charge in [-0.2, -0.15) is 0 Å². The summed E-state index contributed by atoms with van der Waals surface area (Å²) in [5.74, 6) is -0.433. The highest BCUT2D eigenvalue weighted by molar-refractivity contribution is 6.21. The molecule has 3 rings (SSSR count). The van der Waals surface area contributed by atoms with Gasteiger partial charge in [-0.15, -0.1) is 0 Å². The zero-order chi connectivity index (χ0) is 19.6. The van der Waals surface area contributed by atoms with Gasteiger partial charge >= 0.3 is 5.97 Å². The largest absolute Gasteiger partial charge is 0.476 e. The Bertz CT molecular complexity index is 851. The first-order valence-corrected chi connectivity index (χ1v) is 8.65. The van der Waals surface area contributed by atoms with Crippen molar-refractivity contribution in [3.63, 3.8) is 0 Å². The van der Waals surface area contributed by atoms with Crippen LogP contribution >= 0.6 is 0 Å². The third kappa shape index (κ3) is 3.69. The standard InChI is InChI=1S/C21H21NO5/c1-21(2,20(25)26-3)27-15-10-8-14(9-11-15)12-13-22-18(23)16-6-4-5-7-17(16)19(22)24/h4-11H,12-13H2,1-3H3. The van der Waals surface area contributed by atoms with Crippen LogP contribution in [-0.2, 0) is 16.0 Å².